The van der Waals surface area contributed by atoms with Gasteiger partial charge in [0.25, 0.3) is 0 Å². The van der Waals surface area contributed by atoms with Gasteiger partial charge in [0, 0.05) is 16.3 Å². The molecule has 7 aromatic carbocycles. The van der Waals surface area contributed by atoms with Crippen LogP contribution in [0.2, 0.25) is 0 Å². The van der Waals surface area contributed by atoms with Crippen LogP contribution >= 0.6 is 0 Å². The van der Waals surface area contributed by atoms with Gasteiger partial charge in [-0.15, -0.1) is 0 Å². The molecule has 208 valence electrons. The minimum atomic E-state index is 0.834. The van der Waals surface area contributed by atoms with Crippen molar-refractivity contribution in [3.05, 3.63) is 152 Å². The Morgan fingerprint density at radius 3 is 1.56 bits per heavy atom. The number of rotatable bonds is 3. The zero-order valence-electron chi connectivity index (χ0n) is 24.3. The lowest BCUT2D eigenvalue weighted by molar-refractivity contribution is 1.08. The summed E-state index contributed by atoms with van der Waals surface area (Å²) in [5, 5.41) is 5.08. The molecular weight excluding hydrogens is 546 g/mol. The second-order valence-corrected chi connectivity index (χ2v) is 11.8. The minimum Gasteiger partial charge on any atom is -0.292 e. The molecule has 9 aromatic rings. The Bertz CT molecular complexity index is 2550. The lowest BCUT2D eigenvalue weighted by Crippen LogP contribution is -2.04. The first-order valence-corrected chi connectivity index (χ1v) is 15.4. The van der Waals surface area contributed by atoms with E-state index in [9.17, 15) is 0 Å². The average Bonchev–Trinajstić information content (AvgIpc) is 3.39. The number of benzene rings is 7. The van der Waals surface area contributed by atoms with Crippen molar-refractivity contribution >= 4 is 43.6 Å². The molecule has 0 saturated heterocycles. The van der Waals surface area contributed by atoms with Crippen LogP contribution in [0.5, 0.6) is 0 Å². The first kappa shape index (κ1) is 24.4. The van der Waals surface area contributed by atoms with E-state index in [0.29, 0.717) is 0 Å². The maximum absolute atomic E-state index is 5.38. The van der Waals surface area contributed by atoms with Gasteiger partial charge in [0.2, 0.25) is 0 Å². The molecule has 2 heterocycles. The van der Waals surface area contributed by atoms with Crippen LogP contribution in [-0.2, 0) is 0 Å². The molecule has 3 heteroatoms. The molecule has 1 aliphatic rings. The van der Waals surface area contributed by atoms with Gasteiger partial charge in [-0.1, -0.05) is 121 Å². The number of para-hydroxylation sites is 2. The van der Waals surface area contributed by atoms with Gasteiger partial charge >= 0.3 is 0 Å². The Morgan fingerprint density at radius 2 is 0.889 bits per heavy atom. The monoisotopic (exact) mass is 571 g/mol. The molecule has 0 spiro atoms. The van der Waals surface area contributed by atoms with Gasteiger partial charge < -0.3 is 0 Å². The highest BCUT2D eigenvalue weighted by Gasteiger charge is 2.26. The predicted molar refractivity (Wildman–Crippen MR) is 187 cm³/mol. The summed E-state index contributed by atoms with van der Waals surface area (Å²) in [7, 11) is 0. The zero-order valence-corrected chi connectivity index (χ0v) is 24.3. The summed E-state index contributed by atoms with van der Waals surface area (Å²) in [6.07, 6.45) is 0. The van der Waals surface area contributed by atoms with Crippen LogP contribution in [0.1, 0.15) is 0 Å². The minimum absolute atomic E-state index is 0.834. The summed E-state index contributed by atoms with van der Waals surface area (Å²) in [4.78, 5) is 10.7. The van der Waals surface area contributed by atoms with Crippen LogP contribution in [0.25, 0.3) is 94.1 Å². The number of aromatic nitrogens is 3. The summed E-state index contributed by atoms with van der Waals surface area (Å²) in [5.41, 5.74) is 13.3. The van der Waals surface area contributed by atoms with Crippen molar-refractivity contribution in [3.8, 4) is 50.5 Å². The summed E-state index contributed by atoms with van der Waals surface area (Å²) < 4.78 is 2.34. The molecule has 1 aliphatic carbocycles. The molecule has 0 fully saturated rings. The van der Waals surface area contributed by atoms with E-state index in [4.69, 9.17) is 9.97 Å². The van der Waals surface area contributed by atoms with Gasteiger partial charge in [-0.25, -0.2) is 9.97 Å². The second kappa shape index (κ2) is 9.22. The van der Waals surface area contributed by atoms with E-state index in [0.717, 1.165) is 44.7 Å². The van der Waals surface area contributed by atoms with Gasteiger partial charge in [0.15, 0.2) is 5.82 Å². The fourth-order valence-electron chi connectivity index (χ4n) is 7.39. The number of fused-ring (bicyclic) bond motifs is 3. The molecule has 0 radical (unpaired) electrons. The Balaban J connectivity index is 1.34. The van der Waals surface area contributed by atoms with Crippen molar-refractivity contribution in [2.45, 2.75) is 0 Å². The second-order valence-electron chi connectivity index (χ2n) is 11.8. The van der Waals surface area contributed by atoms with Crippen LogP contribution in [0.3, 0.4) is 0 Å². The lowest BCUT2D eigenvalue weighted by atomic mass is 9.93. The van der Waals surface area contributed by atoms with Gasteiger partial charge in [0.1, 0.15) is 5.69 Å². The van der Waals surface area contributed by atoms with E-state index in [2.05, 4.69) is 144 Å². The van der Waals surface area contributed by atoms with Gasteiger partial charge in [-0.2, -0.15) is 0 Å². The third kappa shape index (κ3) is 3.46. The van der Waals surface area contributed by atoms with Crippen molar-refractivity contribution in [3.63, 3.8) is 0 Å². The van der Waals surface area contributed by atoms with Gasteiger partial charge in [-0.3, -0.25) is 4.57 Å². The molecule has 45 heavy (non-hydrogen) atoms. The molecule has 3 nitrogen and oxygen atoms in total. The SMILES string of the molecule is c1ccc(-c2cccc(-c3nc4ccccc4nc3-n3c4cccc5c4c4c(cccc43)-c3cccc4cccc-5c34)c2)cc1. The van der Waals surface area contributed by atoms with Crippen molar-refractivity contribution in [1.29, 1.82) is 0 Å². The van der Waals surface area contributed by atoms with Crippen LogP contribution in [0.15, 0.2) is 152 Å². The highest BCUT2D eigenvalue weighted by atomic mass is 15.1. The molecule has 0 aliphatic heterocycles. The molecule has 2 aromatic heterocycles. The predicted octanol–water partition coefficient (Wildman–Crippen LogP) is 10.9. The molecule has 0 unspecified atom stereocenters. The first-order valence-electron chi connectivity index (χ1n) is 15.4. The standard InChI is InChI=1S/C42H25N3/c1-2-11-26(12-3-1)28-15-6-16-29(25-28)41-42(44-35-22-5-4-21-34(35)43-41)45-36-23-9-19-32-30-17-7-13-27-14-8-18-31(38(27)30)33-20-10-24-37(45)40(33)39(32)36/h1-25H. The maximum Gasteiger partial charge on any atom is 0.165 e. The molecule has 0 amide bonds. The fraction of sp³-hybridized carbons (Fsp3) is 0. The molecule has 0 bridgehead atoms. The molecule has 0 atom stereocenters. The topological polar surface area (TPSA) is 30.7 Å². The number of hydrogen-bond donors (Lipinski definition) is 0. The smallest absolute Gasteiger partial charge is 0.165 e. The maximum atomic E-state index is 5.38. The third-order valence-electron chi connectivity index (χ3n) is 9.31. The first-order chi connectivity index (χ1) is 22.3. The third-order valence-corrected chi connectivity index (χ3v) is 9.31. The Labute approximate surface area is 259 Å². The van der Waals surface area contributed by atoms with E-state index in [1.165, 1.54) is 49.4 Å². The summed E-state index contributed by atoms with van der Waals surface area (Å²) in [6, 6.07) is 54.1. The molecular formula is C42H25N3. The summed E-state index contributed by atoms with van der Waals surface area (Å²) in [6.45, 7) is 0. The highest BCUT2D eigenvalue weighted by Crippen LogP contribution is 2.49. The summed E-state index contributed by atoms with van der Waals surface area (Å²) in [5.74, 6) is 0.834. The van der Waals surface area contributed by atoms with Crippen molar-refractivity contribution in [2.75, 3.05) is 0 Å². The number of nitrogens with zero attached hydrogens (tertiary/aromatic N) is 3. The highest BCUT2D eigenvalue weighted by molar-refractivity contribution is 6.27. The van der Waals surface area contributed by atoms with Crippen LogP contribution in [-0.4, -0.2) is 14.5 Å². The van der Waals surface area contributed by atoms with Crippen molar-refractivity contribution < 1.29 is 0 Å². The lowest BCUT2D eigenvalue weighted by Gasteiger charge is -2.16. The molecule has 0 N–H and O–H groups in total. The normalized spacial score (nSPS) is 12.0. The van der Waals surface area contributed by atoms with E-state index >= 15 is 0 Å². The Morgan fingerprint density at radius 1 is 0.378 bits per heavy atom. The van der Waals surface area contributed by atoms with Crippen molar-refractivity contribution in [2.24, 2.45) is 0 Å². The van der Waals surface area contributed by atoms with E-state index in [1.807, 2.05) is 12.1 Å². The van der Waals surface area contributed by atoms with Crippen molar-refractivity contribution in [1.82, 2.24) is 14.5 Å². The largest absolute Gasteiger partial charge is 0.292 e. The fourth-order valence-corrected chi connectivity index (χ4v) is 7.39. The quantitative estimate of drug-likeness (QED) is 0.211. The van der Waals surface area contributed by atoms with E-state index in [1.54, 1.807) is 0 Å². The zero-order chi connectivity index (χ0) is 29.5. The van der Waals surface area contributed by atoms with Crippen LogP contribution in [0.4, 0.5) is 0 Å². The van der Waals surface area contributed by atoms with Gasteiger partial charge in [0.05, 0.1) is 22.1 Å². The van der Waals surface area contributed by atoms with E-state index < -0.39 is 0 Å². The Kier molecular flexibility index (Phi) is 5.00. The van der Waals surface area contributed by atoms with Gasteiger partial charge in [-0.05, 0) is 74.5 Å². The molecule has 10 rings (SSSR count). The Hall–Kier alpha value is -6.06. The van der Waals surface area contributed by atoms with Crippen LogP contribution in [0, 0.1) is 0 Å². The van der Waals surface area contributed by atoms with E-state index in [-0.39, 0.29) is 0 Å². The summed E-state index contributed by atoms with van der Waals surface area (Å²) >= 11 is 0. The number of hydrogen-bond acceptors (Lipinski definition) is 2. The molecule has 0 saturated carbocycles. The average molecular weight is 572 g/mol. The van der Waals surface area contributed by atoms with Crippen LogP contribution < -0.4 is 0 Å².